The van der Waals surface area contributed by atoms with Gasteiger partial charge in [-0.05, 0) is 57.9 Å². The van der Waals surface area contributed by atoms with E-state index in [4.69, 9.17) is 10.7 Å². The van der Waals surface area contributed by atoms with Gasteiger partial charge in [-0.15, -0.1) is 0 Å². The topological polar surface area (TPSA) is 90.0 Å². The van der Waals surface area contributed by atoms with Gasteiger partial charge in [0.15, 0.2) is 5.16 Å². The highest BCUT2D eigenvalue weighted by Crippen LogP contribution is 2.35. The van der Waals surface area contributed by atoms with Crippen molar-refractivity contribution in [3.05, 3.63) is 41.2 Å². The predicted molar refractivity (Wildman–Crippen MR) is 113 cm³/mol. The Morgan fingerprint density at radius 1 is 1.18 bits per heavy atom. The van der Waals surface area contributed by atoms with Gasteiger partial charge in [0, 0.05) is 23.0 Å². The highest BCUT2D eigenvalue weighted by Gasteiger charge is 2.25. The molecule has 0 spiro atoms. The van der Waals surface area contributed by atoms with Crippen molar-refractivity contribution in [3.63, 3.8) is 0 Å². The Morgan fingerprint density at radius 2 is 1.82 bits per heavy atom. The largest absolute Gasteiger partial charge is 0.366 e. The summed E-state index contributed by atoms with van der Waals surface area (Å²) in [6, 6.07) is 7.07. The maximum atomic E-state index is 12.7. The van der Waals surface area contributed by atoms with Gasteiger partial charge in [-0.2, -0.15) is 0 Å². The molecule has 0 bridgehead atoms. The molecule has 1 aliphatic rings. The SMILES string of the molecule is Cc1nc(S[C@H](C)C(=O)Nc2ccc(C(N)=O)cc2)n(C2CCCCC2)c1C. The van der Waals surface area contributed by atoms with Crippen molar-refractivity contribution < 1.29 is 9.59 Å². The highest BCUT2D eigenvalue weighted by molar-refractivity contribution is 8.00. The van der Waals surface area contributed by atoms with E-state index in [1.807, 2.05) is 13.8 Å². The highest BCUT2D eigenvalue weighted by atomic mass is 32.2. The number of aromatic nitrogens is 2. The number of amides is 2. The molecule has 3 rings (SSSR count). The third kappa shape index (κ3) is 4.58. The third-order valence-corrected chi connectivity index (χ3v) is 6.45. The van der Waals surface area contributed by atoms with Crippen LogP contribution in [0.4, 0.5) is 5.69 Å². The minimum absolute atomic E-state index is 0.0923. The van der Waals surface area contributed by atoms with Crippen molar-refractivity contribution in [2.75, 3.05) is 5.32 Å². The number of hydrogen-bond acceptors (Lipinski definition) is 4. The van der Waals surface area contributed by atoms with Gasteiger partial charge in [0.25, 0.3) is 0 Å². The number of nitrogens with two attached hydrogens (primary N) is 1. The number of imidazole rings is 1. The van der Waals surface area contributed by atoms with Crippen LogP contribution in [0.15, 0.2) is 29.4 Å². The molecule has 6 nitrogen and oxygen atoms in total. The quantitative estimate of drug-likeness (QED) is 0.710. The van der Waals surface area contributed by atoms with E-state index in [9.17, 15) is 9.59 Å². The van der Waals surface area contributed by atoms with Crippen molar-refractivity contribution in [3.8, 4) is 0 Å². The monoisotopic (exact) mass is 400 g/mol. The van der Waals surface area contributed by atoms with Gasteiger partial charge < -0.3 is 15.6 Å². The Kier molecular flexibility index (Phi) is 6.44. The molecule has 1 heterocycles. The van der Waals surface area contributed by atoms with E-state index in [1.54, 1.807) is 24.3 Å². The van der Waals surface area contributed by atoms with Crippen LogP contribution >= 0.6 is 11.8 Å². The van der Waals surface area contributed by atoms with Gasteiger partial charge in [-0.25, -0.2) is 4.98 Å². The van der Waals surface area contributed by atoms with Crippen molar-refractivity contribution in [1.82, 2.24) is 9.55 Å². The lowest BCUT2D eigenvalue weighted by atomic mass is 9.95. The van der Waals surface area contributed by atoms with Crippen molar-refractivity contribution in [2.45, 2.75) is 69.3 Å². The number of aryl methyl sites for hydroxylation is 1. The van der Waals surface area contributed by atoms with Crippen molar-refractivity contribution in [2.24, 2.45) is 5.73 Å². The fourth-order valence-corrected chi connectivity index (χ4v) is 4.69. The van der Waals surface area contributed by atoms with E-state index >= 15 is 0 Å². The molecule has 0 unspecified atom stereocenters. The van der Waals surface area contributed by atoms with Gasteiger partial charge in [-0.1, -0.05) is 31.0 Å². The lowest BCUT2D eigenvalue weighted by Crippen LogP contribution is -2.23. The summed E-state index contributed by atoms with van der Waals surface area (Å²) in [6.45, 7) is 6.04. The lowest BCUT2D eigenvalue weighted by molar-refractivity contribution is -0.115. The minimum atomic E-state index is -0.484. The predicted octanol–water partition coefficient (Wildman–Crippen LogP) is 4.22. The summed E-state index contributed by atoms with van der Waals surface area (Å²) in [5.74, 6) is -0.576. The van der Waals surface area contributed by atoms with Crippen LogP contribution in [-0.4, -0.2) is 26.6 Å². The molecule has 0 radical (unpaired) electrons. The van der Waals surface area contributed by atoms with Crippen LogP contribution in [-0.2, 0) is 4.79 Å². The summed E-state index contributed by atoms with van der Waals surface area (Å²) in [5.41, 5.74) is 8.54. The number of rotatable bonds is 6. The second kappa shape index (κ2) is 8.82. The molecule has 2 amide bonds. The van der Waals surface area contributed by atoms with Gasteiger partial charge in [-0.3, -0.25) is 9.59 Å². The fraction of sp³-hybridized carbons (Fsp3) is 0.476. The molecule has 3 N–H and O–H groups in total. The van der Waals surface area contributed by atoms with Crippen LogP contribution in [0.2, 0.25) is 0 Å². The number of nitrogens with one attached hydrogen (secondary N) is 1. The molecule has 7 heteroatoms. The maximum Gasteiger partial charge on any atom is 0.248 e. The first-order valence-electron chi connectivity index (χ1n) is 9.79. The number of thioether (sulfide) groups is 1. The molecular weight excluding hydrogens is 372 g/mol. The van der Waals surface area contributed by atoms with Crippen LogP contribution in [0, 0.1) is 13.8 Å². The Morgan fingerprint density at radius 3 is 2.43 bits per heavy atom. The van der Waals surface area contributed by atoms with Gasteiger partial charge in [0.2, 0.25) is 11.8 Å². The lowest BCUT2D eigenvalue weighted by Gasteiger charge is -2.26. The first-order chi connectivity index (χ1) is 13.4. The zero-order valence-corrected chi connectivity index (χ0v) is 17.5. The van der Waals surface area contributed by atoms with Crippen molar-refractivity contribution >= 4 is 29.3 Å². The number of carbonyl (C=O) groups excluding carboxylic acids is 2. The van der Waals surface area contributed by atoms with Crippen LogP contribution in [0.25, 0.3) is 0 Å². The number of carbonyl (C=O) groups is 2. The summed E-state index contributed by atoms with van der Waals surface area (Å²) in [6.07, 6.45) is 6.17. The standard InChI is InChI=1S/C21H28N4O2S/c1-13-14(2)25(18-7-5-4-6-8-18)21(23-13)28-15(3)20(27)24-17-11-9-16(10-12-17)19(22)26/h9-12,15,18H,4-8H2,1-3H3,(H2,22,26)(H,24,27)/t15-/m1/s1. The molecule has 1 aromatic heterocycles. The number of hydrogen-bond donors (Lipinski definition) is 2. The smallest absolute Gasteiger partial charge is 0.248 e. The molecule has 28 heavy (non-hydrogen) atoms. The Balaban J connectivity index is 1.70. The van der Waals surface area contributed by atoms with E-state index in [1.165, 1.54) is 49.6 Å². The van der Waals surface area contributed by atoms with E-state index in [0.717, 1.165) is 10.9 Å². The third-order valence-electron chi connectivity index (χ3n) is 5.38. The second-order valence-electron chi connectivity index (χ2n) is 7.42. The van der Waals surface area contributed by atoms with Crippen LogP contribution in [0.5, 0.6) is 0 Å². The Labute approximate surface area is 170 Å². The summed E-state index contributed by atoms with van der Waals surface area (Å²) in [7, 11) is 0. The average molecular weight is 401 g/mol. The van der Waals surface area contributed by atoms with Gasteiger partial charge in [0.1, 0.15) is 0 Å². The van der Waals surface area contributed by atoms with E-state index in [0.29, 0.717) is 17.3 Å². The molecule has 1 atom stereocenters. The molecule has 0 aliphatic heterocycles. The van der Waals surface area contributed by atoms with Crippen LogP contribution in [0.1, 0.15) is 66.8 Å². The van der Waals surface area contributed by atoms with E-state index < -0.39 is 5.91 Å². The second-order valence-corrected chi connectivity index (χ2v) is 8.73. The number of primary amides is 1. The minimum Gasteiger partial charge on any atom is -0.366 e. The number of benzene rings is 1. The zero-order chi connectivity index (χ0) is 20.3. The van der Waals surface area contributed by atoms with Gasteiger partial charge >= 0.3 is 0 Å². The number of anilines is 1. The van der Waals surface area contributed by atoms with Crippen LogP contribution in [0.3, 0.4) is 0 Å². The fourth-order valence-electron chi connectivity index (χ4n) is 3.62. The summed E-state index contributed by atoms with van der Waals surface area (Å²) < 4.78 is 2.34. The first kappa shape index (κ1) is 20.5. The first-order valence-corrected chi connectivity index (χ1v) is 10.7. The molecule has 1 aromatic carbocycles. The summed E-state index contributed by atoms with van der Waals surface area (Å²) in [4.78, 5) is 28.6. The molecular formula is C21H28N4O2S. The van der Waals surface area contributed by atoms with Crippen LogP contribution < -0.4 is 11.1 Å². The van der Waals surface area contributed by atoms with E-state index in [-0.39, 0.29) is 11.2 Å². The van der Waals surface area contributed by atoms with Crippen molar-refractivity contribution in [1.29, 1.82) is 0 Å². The average Bonchev–Trinajstić information content (AvgIpc) is 2.96. The van der Waals surface area contributed by atoms with E-state index in [2.05, 4.69) is 16.8 Å². The Hall–Kier alpha value is -2.28. The molecule has 1 saturated carbocycles. The normalized spacial score (nSPS) is 16.0. The molecule has 1 fully saturated rings. The summed E-state index contributed by atoms with van der Waals surface area (Å²) >= 11 is 1.50. The number of nitrogens with zero attached hydrogens (tertiary/aromatic N) is 2. The summed E-state index contributed by atoms with van der Waals surface area (Å²) in [5, 5.41) is 3.53. The van der Waals surface area contributed by atoms with Gasteiger partial charge in [0.05, 0.1) is 10.9 Å². The maximum absolute atomic E-state index is 12.7. The zero-order valence-electron chi connectivity index (χ0n) is 16.7. The Bertz CT molecular complexity index is 854. The molecule has 0 saturated heterocycles. The molecule has 2 aromatic rings. The molecule has 150 valence electrons. The molecule has 1 aliphatic carbocycles.